The van der Waals surface area contributed by atoms with Gasteiger partial charge in [0.15, 0.2) is 9.84 Å². The largest absolute Gasteiger partial charge is 0.383 e. The summed E-state index contributed by atoms with van der Waals surface area (Å²) in [6.45, 7) is 6.47. The molecular formula is C14H25NO5S. The summed E-state index contributed by atoms with van der Waals surface area (Å²) in [5.74, 6) is -0.0136. The molecule has 7 heteroatoms. The SMILES string of the molecule is C=CCCO[C@H](C)C(=O)N(CCOC)[C@H]1CCS(=O)(=O)C1. The molecule has 0 unspecified atom stereocenters. The van der Waals surface area contributed by atoms with Gasteiger partial charge in [-0.05, 0) is 19.8 Å². The second kappa shape index (κ2) is 8.51. The van der Waals surface area contributed by atoms with Crippen LogP contribution in [0.25, 0.3) is 0 Å². The van der Waals surface area contributed by atoms with Crippen molar-refractivity contribution >= 4 is 15.7 Å². The van der Waals surface area contributed by atoms with E-state index < -0.39 is 15.9 Å². The molecule has 1 saturated heterocycles. The Morgan fingerprint density at radius 2 is 2.19 bits per heavy atom. The van der Waals surface area contributed by atoms with Crippen molar-refractivity contribution in [3.8, 4) is 0 Å². The number of methoxy groups -OCH3 is 1. The van der Waals surface area contributed by atoms with Gasteiger partial charge in [0.1, 0.15) is 6.10 Å². The minimum Gasteiger partial charge on any atom is -0.383 e. The molecule has 1 fully saturated rings. The topological polar surface area (TPSA) is 72.9 Å². The fourth-order valence-corrected chi connectivity index (χ4v) is 4.05. The molecule has 122 valence electrons. The highest BCUT2D eigenvalue weighted by Crippen LogP contribution is 2.19. The van der Waals surface area contributed by atoms with Crippen molar-refractivity contribution in [3.63, 3.8) is 0 Å². The van der Waals surface area contributed by atoms with E-state index in [1.807, 2.05) is 0 Å². The molecule has 0 bridgehead atoms. The number of hydrogen-bond donors (Lipinski definition) is 0. The van der Waals surface area contributed by atoms with Crippen molar-refractivity contribution in [1.29, 1.82) is 0 Å². The summed E-state index contributed by atoms with van der Waals surface area (Å²) in [5, 5.41) is 0. The Balaban J connectivity index is 2.67. The van der Waals surface area contributed by atoms with Crippen LogP contribution in [0.3, 0.4) is 0 Å². The Morgan fingerprint density at radius 1 is 1.48 bits per heavy atom. The molecule has 1 aliphatic rings. The van der Waals surface area contributed by atoms with E-state index in [2.05, 4.69) is 6.58 Å². The lowest BCUT2D eigenvalue weighted by molar-refractivity contribution is -0.145. The van der Waals surface area contributed by atoms with Crippen LogP contribution in [0.4, 0.5) is 0 Å². The normalized spacial score (nSPS) is 21.9. The standard InChI is InChI=1S/C14H25NO5S/c1-4-5-8-20-12(2)14(16)15(7-9-19-3)13-6-10-21(17,18)11-13/h4,12-13H,1,5-11H2,2-3H3/t12-,13+/m1/s1. The van der Waals surface area contributed by atoms with Gasteiger partial charge in [-0.1, -0.05) is 6.08 Å². The Hall–Kier alpha value is -0.920. The molecule has 1 heterocycles. The third kappa shape index (κ3) is 5.76. The summed E-state index contributed by atoms with van der Waals surface area (Å²) in [4.78, 5) is 14.1. The van der Waals surface area contributed by atoms with E-state index in [9.17, 15) is 13.2 Å². The quantitative estimate of drug-likeness (QED) is 0.460. The zero-order chi connectivity index (χ0) is 15.9. The van der Waals surface area contributed by atoms with Crippen molar-refractivity contribution in [1.82, 2.24) is 4.90 Å². The summed E-state index contributed by atoms with van der Waals surface area (Å²) in [6, 6.07) is -0.275. The first-order valence-electron chi connectivity index (χ1n) is 7.13. The molecule has 2 atom stereocenters. The van der Waals surface area contributed by atoms with Gasteiger partial charge in [0.25, 0.3) is 5.91 Å². The number of rotatable bonds is 9. The number of amides is 1. The maximum Gasteiger partial charge on any atom is 0.251 e. The minimum atomic E-state index is -3.03. The lowest BCUT2D eigenvalue weighted by Gasteiger charge is -2.30. The summed E-state index contributed by atoms with van der Waals surface area (Å²) in [6.07, 6.45) is 2.29. The maximum atomic E-state index is 12.5. The van der Waals surface area contributed by atoms with Gasteiger partial charge in [-0.3, -0.25) is 4.79 Å². The zero-order valence-electron chi connectivity index (χ0n) is 12.8. The Labute approximate surface area is 127 Å². The lowest BCUT2D eigenvalue weighted by atomic mass is 10.2. The molecule has 0 aromatic carbocycles. The van der Waals surface area contributed by atoms with Crippen LogP contribution in [-0.2, 0) is 24.1 Å². The predicted molar refractivity (Wildman–Crippen MR) is 80.9 cm³/mol. The van der Waals surface area contributed by atoms with Crippen molar-refractivity contribution in [3.05, 3.63) is 12.7 Å². The average molecular weight is 319 g/mol. The van der Waals surface area contributed by atoms with Crippen LogP contribution >= 0.6 is 0 Å². The number of nitrogens with zero attached hydrogens (tertiary/aromatic N) is 1. The number of sulfone groups is 1. The molecule has 1 aliphatic heterocycles. The number of carbonyl (C=O) groups is 1. The Bertz CT molecular complexity index is 448. The third-order valence-corrected chi connectivity index (χ3v) is 5.26. The van der Waals surface area contributed by atoms with E-state index in [-0.39, 0.29) is 23.5 Å². The fourth-order valence-electron chi connectivity index (χ4n) is 2.32. The Kier molecular flexibility index (Phi) is 7.34. The fraction of sp³-hybridized carbons (Fsp3) is 0.786. The number of carbonyl (C=O) groups excluding carboxylic acids is 1. The molecule has 0 N–H and O–H groups in total. The summed E-state index contributed by atoms with van der Waals surface area (Å²) in [7, 11) is -1.48. The Morgan fingerprint density at radius 3 is 2.71 bits per heavy atom. The van der Waals surface area contributed by atoms with Crippen molar-refractivity contribution in [2.45, 2.75) is 31.9 Å². The molecular weight excluding hydrogens is 294 g/mol. The van der Waals surface area contributed by atoms with Gasteiger partial charge < -0.3 is 14.4 Å². The summed E-state index contributed by atoms with van der Waals surface area (Å²) in [5.41, 5.74) is 0. The van der Waals surface area contributed by atoms with Crippen LogP contribution < -0.4 is 0 Å². The molecule has 1 rings (SSSR count). The predicted octanol–water partition coefficient (Wildman–Crippen LogP) is 0.630. The molecule has 21 heavy (non-hydrogen) atoms. The van der Waals surface area contributed by atoms with Crippen LogP contribution in [0.1, 0.15) is 19.8 Å². The van der Waals surface area contributed by atoms with E-state index in [0.29, 0.717) is 32.6 Å². The molecule has 0 aromatic rings. The summed E-state index contributed by atoms with van der Waals surface area (Å²) >= 11 is 0. The maximum absolute atomic E-state index is 12.5. The van der Waals surface area contributed by atoms with Crippen LogP contribution in [0.15, 0.2) is 12.7 Å². The monoisotopic (exact) mass is 319 g/mol. The molecule has 6 nitrogen and oxygen atoms in total. The van der Waals surface area contributed by atoms with Crippen LogP contribution in [0.2, 0.25) is 0 Å². The zero-order valence-corrected chi connectivity index (χ0v) is 13.6. The molecule has 0 saturated carbocycles. The summed E-state index contributed by atoms with van der Waals surface area (Å²) < 4.78 is 33.7. The van der Waals surface area contributed by atoms with Crippen molar-refractivity contribution in [2.24, 2.45) is 0 Å². The van der Waals surface area contributed by atoms with Gasteiger partial charge in [-0.2, -0.15) is 0 Å². The van der Waals surface area contributed by atoms with Crippen LogP contribution in [-0.4, -0.2) is 69.7 Å². The van der Waals surface area contributed by atoms with E-state index in [1.165, 1.54) is 0 Å². The second-order valence-electron chi connectivity index (χ2n) is 5.17. The van der Waals surface area contributed by atoms with Crippen molar-refractivity contribution < 1.29 is 22.7 Å². The number of hydrogen-bond acceptors (Lipinski definition) is 5. The minimum absolute atomic E-state index is 0.0296. The lowest BCUT2D eigenvalue weighted by Crippen LogP contribution is -2.47. The molecule has 0 aliphatic carbocycles. The molecule has 0 radical (unpaired) electrons. The highest BCUT2D eigenvalue weighted by Gasteiger charge is 2.36. The third-order valence-electron chi connectivity index (χ3n) is 3.51. The average Bonchev–Trinajstić information content (AvgIpc) is 2.79. The van der Waals surface area contributed by atoms with Crippen LogP contribution in [0.5, 0.6) is 0 Å². The van der Waals surface area contributed by atoms with E-state index in [0.717, 1.165) is 0 Å². The van der Waals surface area contributed by atoms with E-state index in [4.69, 9.17) is 9.47 Å². The number of ether oxygens (including phenoxy) is 2. The van der Waals surface area contributed by atoms with Gasteiger partial charge in [-0.15, -0.1) is 6.58 Å². The van der Waals surface area contributed by atoms with E-state index in [1.54, 1.807) is 25.0 Å². The van der Waals surface area contributed by atoms with Gasteiger partial charge in [-0.25, -0.2) is 8.42 Å². The highest BCUT2D eigenvalue weighted by molar-refractivity contribution is 7.91. The van der Waals surface area contributed by atoms with Gasteiger partial charge in [0.05, 0.1) is 24.7 Å². The van der Waals surface area contributed by atoms with E-state index >= 15 is 0 Å². The highest BCUT2D eigenvalue weighted by atomic mass is 32.2. The van der Waals surface area contributed by atoms with Gasteiger partial charge in [0.2, 0.25) is 0 Å². The first-order valence-corrected chi connectivity index (χ1v) is 8.95. The van der Waals surface area contributed by atoms with Crippen molar-refractivity contribution in [2.75, 3.05) is 38.4 Å². The first-order chi connectivity index (χ1) is 9.91. The van der Waals surface area contributed by atoms with Gasteiger partial charge in [0, 0.05) is 19.7 Å². The second-order valence-corrected chi connectivity index (χ2v) is 7.40. The van der Waals surface area contributed by atoms with Gasteiger partial charge >= 0.3 is 0 Å². The molecule has 0 aromatic heterocycles. The molecule has 1 amide bonds. The molecule has 0 spiro atoms. The van der Waals surface area contributed by atoms with Crippen LogP contribution in [0, 0.1) is 0 Å². The smallest absolute Gasteiger partial charge is 0.251 e. The first kappa shape index (κ1) is 18.1.